The van der Waals surface area contributed by atoms with E-state index in [0.29, 0.717) is 5.57 Å². The fourth-order valence-corrected chi connectivity index (χ4v) is 3.23. The van der Waals surface area contributed by atoms with Gasteiger partial charge in [-0.25, -0.2) is 0 Å². The molecule has 3 rings (SSSR count). The maximum atomic E-state index is 11.4. The van der Waals surface area contributed by atoms with Crippen LogP contribution in [-0.4, -0.2) is 38.5 Å². The highest BCUT2D eigenvalue weighted by molar-refractivity contribution is 5.52. The number of nitrogens with zero attached hydrogens (tertiary/aromatic N) is 1. The lowest BCUT2D eigenvalue weighted by Gasteiger charge is -2.32. The van der Waals surface area contributed by atoms with Crippen molar-refractivity contribution in [1.29, 1.82) is 0 Å². The van der Waals surface area contributed by atoms with Crippen molar-refractivity contribution in [3.63, 3.8) is 0 Å². The molecule has 2 aromatic carbocycles. The van der Waals surface area contributed by atoms with Crippen LogP contribution in [0.1, 0.15) is 18.1 Å². The summed E-state index contributed by atoms with van der Waals surface area (Å²) in [5.41, 5.74) is 2.18. The molecule has 4 heteroatoms. The van der Waals surface area contributed by atoms with Gasteiger partial charge in [0.15, 0.2) is 0 Å². The van der Waals surface area contributed by atoms with Crippen LogP contribution in [0.25, 0.3) is 0 Å². The summed E-state index contributed by atoms with van der Waals surface area (Å²) in [6.45, 7) is 9.16. The van der Waals surface area contributed by atoms with Crippen molar-refractivity contribution >= 4 is 5.69 Å². The Morgan fingerprint density at radius 1 is 1.04 bits per heavy atom. The molecule has 1 N–H and O–H groups in total. The molecule has 1 unspecified atom stereocenters. The van der Waals surface area contributed by atoms with Gasteiger partial charge in [-0.15, -0.1) is 0 Å². The van der Waals surface area contributed by atoms with Gasteiger partial charge in [0, 0.05) is 18.8 Å². The molecule has 0 aromatic heterocycles. The van der Waals surface area contributed by atoms with Gasteiger partial charge in [-0.1, -0.05) is 30.8 Å². The molecule has 0 radical (unpaired) electrons. The lowest BCUT2D eigenvalue weighted by Crippen LogP contribution is -2.36. The summed E-state index contributed by atoms with van der Waals surface area (Å²) in [6.07, 6.45) is 0. The lowest BCUT2D eigenvalue weighted by molar-refractivity contribution is 0.121. The number of hydrogen-bond donors (Lipinski definition) is 1. The van der Waals surface area contributed by atoms with Crippen LogP contribution in [0.5, 0.6) is 5.75 Å². The second-order valence-corrected chi connectivity index (χ2v) is 6.37. The summed E-state index contributed by atoms with van der Waals surface area (Å²) in [7, 11) is 1.63. The van der Waals surface area contributed by atoms with E-state index < -0.39 is 5.60 Å². The van der Waals surface area contributed by atoms with Crippen molar-refractivity contribution in [1.82, 2.24) is 0 Å². The van der Waals surface area contributed by atoms with Gasteiger partial charge in [-0.3, -0.25) is 0 Å². The summed E-state index contributed by atoms with van der Waals surface area (Å²) in [5, 5.41) is 11.4. The summed E-state index contributed by atoms with van der Waals surface area (Å²) >= 11 is 0. The molecule has 1 saturated heterocycles. The van der Waals surface area contributed by atoms with E-state index in [-0.39, 0.29) is 0 Å². The highest BCUT2D eigenvalue weighted by Gasteiger charge is 2.32. The lowest BCUT2D eigenvalue weighted by atomic mass is 9.81. The van der Waals surface area contributed by atoms with E-state index in [9.17, 15) is 5.11 Å². The van der Waals surface area contributed by atoms with Gasteiger partial charge < -0.3 is 19.5 Å². The molecule has 0 spiro atoms. The minimum absolute atomic E-state index is 0.678. The number of anilines is 1. The Kier molecular flexibility index (Phi) is 5.11. The fourth-order valence-electron chi connectivity index (χ4n) is 3.23. The topological polar surface area (TPSA) is 41.9 Å². The number of morpholine rings is 1. The monoisotopic (exact) mass is 339 g/mol. The van der Waals surface area contributed by atoms with Crippen molar-refractivity contribution < 1.29 is 14.6 Å². The predicted molar refractivity (Wildman–Crippen MR) is 100 cm³/mol. The van der Waals surface area contributed by atoms with Crippen LogP contribution in [0.4, 0.5) is 5.69 Å². The Hall–Kier alpha value is -2.30. The van der Waals surface area contributed by atoms with Crippen LogP contribution >= 0.6 is 0 Å². The van der Waals surface area contributed by atoms with Gasteiger partial charge in [-0.2, -0.15) is 0 Å². The molecule has 0 amide bonds. The molecular weight excluding hydrogens is 314 g/mol. The standard InChI is InChI=1S/C21H25NO3/c1-16(2)21(23,18-6-10-20(24-3)11-7-18)17-4-8-19(9-5-17)22-12-14-25-15-13-22/h4-11,23H,1,12-15H2,2-3H3. The molecule has 4 nitrogen and oxygen atoms in total. The molecule has 2 aromatic rings. The van der Waals surface area contributed by atoms with Crippen LogP contribution in [0.3, 0.4) is 0 Å². The third-order valence-electron chi connectivity index (χ3n) is 4.79. The summed E-state index contributed by atoms with van der Waals surface area (Å²) < 4.78 is 10.6. The van der Waals surface area contributed by atoms with E-state index in [1.54, 1.807) is 7.11 Å². The predicted octanol–water partition coefficient (Wildman–Crippen LogP) is 3.34. The van der Waals surface area contributed by atoms with Crippen molar-refractivity contribution in [2.45, 2.75) is 12.5 Å². The first kappa shape index (κ1) is 17.5. The number of rotatable bonds is 5. The van der Waals surface area contributed by atoms with Crippen LogP contribution in [0, 0.1) is 0 Å². The van der Waals surface area contributed by atoms with Gasteiger partial charge in [0.1, 0.15) is 11.4 Å². The van der Waals surface area contributed by atoms with Gasteiger partial charge in [0.05, 0.1) is 20.3 Å². The zero-order chi connectivity index (χ0) is 17.9. The highest BCUT2D eigenvalue weighted by atomic mass is 16.5. The van der Waals surface area contributed by atoms with Gasteiger partial charge in [-0.05, 0) is 47.9 Å². The van der Waals surface area contributed by atoms with Crippen LogP contribution < -0.4 is 9.64 Å². The zero-order valence-electron chi connectivity index (χ0n) is 14.9. The molecule has 1 aliphatic rings. The van der Waals surface area contributed by atoms with E-state index in [4.69, 9.17) is 9.47 Å². The molecular formula is C21H25NO3. The largest absolute Gasteiger partial charge is 0.497 e. The quantitative estimate of drug-likeness (QED) is 0.849. The normalized spacial score (nSPS) is 17.0. The van der Waals surface area contributed by atoms with Gasteiger partial charge in [0.25, 0.3) is 0 Å². The molecule has 0 aliphatic carbocycles. The number of hydrogen-bond acceptors (Lipinski definition) is 4. The molecule has 1 heterocycles. The molecule has 1 atom stereocenters. The number of benzene rings is 2. The summed E-state index contributed by atoms with van der Waals surface area (Å²) in [4.78, 5) is 2.29. The summed E-state index contributed by atoms with van der Waals surface area (Å²) in [5.74, 6) is 0.760. The van der Waals surface area contributed by atoms with E-state index in [0.717, 1.165) is 48.9 Å². The van der Waals surface area contributed by atoms with Gasteiger partial charge in [0.2, 0.25) is 0 Å². The second-order valence-electron chi connectivity index (χ2n) is 6.37. The molecule has 0 saturated carbocycles. The maximum absolute atomic E-state index is 11.4. The molecule has 0 bridgehead atoms. The average molecular weight is 339 g/mol. The van der Waals surface area contributed by atoms with Crippen molar-refractivity contribution in [3.05, 3.63) is 71.8 Å². The molecule has 1 fully saturated rings. The minimum atomic E-state index is -1.23. The van der Waals surface area contributed by atoms with Crippen LogP contribution in [0.15, 0.2) is 60.7 Å². The molecule has 132 valence electrons. The maximum Gasteiger partial charge on any atom is 0.136 e. The Morgan fingerprint density at radius 2 is 1.56 bits per heavy atom. The number of methoxy groups -OCH3 is 1. The Bertz CT molecular complexity index is 718. The first-order valence-electron chi connectivity index (χ1n) is 8.52. The third kappa shape index (κ3) is 3.41. The smallest absolute Gasteiger partial charge is 0.136 e. The van der Waals surface area contributed by atoms with E-state index in [1.807, 2.05) is 43.3 Å². The van der Waals surface area contributed by atoms with Crippen LogP contribution in [0.2, 0.25) is 0 Å². The van der Waals surface area contributed by atoms with Crippen molar-refractivity contribution in [3.8, 4) is 5.75 Å². The van der Waals surface area contributed by atoms with Gasteiger partial charge >= 0.3 is 0 Å². The highest BCUT2D eigenvalue weighted by Crippen LogP contribution is 2.37. The van der Waals surface area contributed by atoms with Crippen molar-refractivity contribution in [2.75, 3.05) is 38.3 Å². The third-order valence-corrected chi connectivity index (χ3v) is 4.79. The zero-order valence-corrected chi connectivity index (χ0v) is 14.9. The van der Waals surface area contributed by atoms with Crippen molar-refractivity contribution in [2.24, 2.45) is 0 Å². The van der Waals surface area contributed by atoms with E-state index in [1.165, 1.54) is 0 Å². The molecule has 25 heavy (non-hydrogen) atoms. The Labute approximate surface area is 149 Å². The molecule has 1 aliphatic heterocycles. The fraction of sp³-hybridized carbons (Fsp3) is 0.333. The van der Waals surface area contributed by atoms with E-state index in [2.05, 4.69) is 23.6 Å². The first-order chi connectivity index (χ1) is 12.1. The van der Waals surface area contributed by atoms with E-state index >= 15 is 0 Å². The van der Waals surface area contributed by atoms with Crippen LogP contribution in [-0.2, 0) is 10.3 Å². The minimum Gasteiger partial charge on any atom is -0.497 e. The summed E-state index contributed by atoms with van der Waals surface area (Å²) in [6, 6.07) is 15.5. The Balaban J connectivity index is 1.92. The number of aliphatic hydroxyl groups is 1. The Morgan fingerprint density at radius 3 is 2.04 bits per heavy atom. The number of ether oxygens (including phenoxy) is 2. The second kappa shape index (κ2) is 7.30. The SMILES string of the molecule is C=C(C)C(O)(c1ccc(OC)cc1)c1ccc(N2CCOCC2)cc1. The first-order valence-corrected chi connectivity index (χ1v) is 8.52. The average Bonchev–Trinajstić information content (AvgIpc) is 2.68.